The lowest BCUT2D eigenvalue weighted by Crippen LogP contribution is -2.43. The van der Waals surface area contributed by atoms with Crippen molar-refractivity contribution < 1.29 is 4.79 Å². The van der Waals surface area contributed by atoms with E-state index in [9.17, 15) is 4.79 Å². The van der Waals surface area contributed by atoms with Crippen LogP contribution in [0.15, 0.2) is 36.7 Å². The van der Waals surface area contributed by atoms with Gasteiger partial charge in [-0.05, 0) is 33.0 Å². The van der Waals surface area contributed by atoms with Crippen LogP contribution in [-0.4, -0.2) is 34.7 Å². The maximum atomic E-state index is 11.4. The Bertz CT molecular complexity index is 572. The Morgan fingerprint density at radius 3 is 2.35 bits per heavy atom. The van der Waals surface area contributed by atoms with Crippen molar-refractivity contribution in [3.05, 3.63) is 53.6 Å². The fourth-order valence-electron chi connectivity index (χ4n) is 2.77. The van der Waals surface area contributed by atoms with Crippen LogP contribution in [-0.2, 0) is 5.54 Å². The lowest BCUT2D eigenvalue weighted by atomic mass is 9.84. The van der Waals surface area contributed by atoms with Gasteiger partial charge in [-0.1, -0.05) is 31.2 Å². The minimum absolute atomic E-state index is 0.0847. The van der Waals surface area contributed by atoms with E-state index in [-0.39, 0.29) is 11.3 Å². The third-order valence-electron chi connectivity index (χ3n) is 3.93. The zero-order valence-corrected chi connectivity index (χ0v) is 12.5. The Hall–Kier alpha value is -1.94. The van der Waals surface area contributed by atoms with E-state index in [2.05, 4.69) is 21.8 Å². The molecular weight excluding hydrogens is 250 g/mol. The summed E-state index contributed by atoms with van der Waals surface area (Å²) >= 11 is 0. The average Bonchev–Trinajstić information content (AvgIpc) is 2.95. The average molecular weight is 271 g/mol. The number of hydrogen-bond donors (Lipinski definition) is 1. The minimum atomic E-state index is -0.307. The lowest BCUT2D eigenvalue weighted by Gasteiger charge is -2.38. The molecule has 1 heterocycles. The Balaban J connectivity index is 2.55. The van der Waals surface area contributed by atoms with Gasteiger partial charge >= 0.3 is 0 Å². The third kappa shape index (κ3) is 2.27. The highest BCUT2D eigenvalue weighted by Gasteiger charge is 2.37. The van der Waals surface area contributed by atoms with Gasteiger partial charge in [-0.25, -0.2) is 4.98 Å². The van der Waals surface area contributed by atoms with Crippen molar-refractivity contribution >= 4 is 5.78 Å². The van der Waals surface area contributed by atoms with Gasteiger partial charge in [0.1, 0.15) is 11.4 Å². The number of H-pyrrole nitrogens is 1. The molecule has 1 aromatic heterocycles. The minimum Gasteiger partial charge on any atom is -0.347 e. The summed E-state index contributed by atoms with van der Waals surface area (Å²) in [6.07, 6.45) is 4.49. The highest BCUT2D eigenvalue weighted by molar-refractivity contribution is 5.94. The molecule has 0 amide bonds. The van der Waals surface area contributed by atoms with E-state index < -0.39 is 0 Å². The summed E-state index contributed by atoms with van der Waals surface area (Å²) in [7, 11) is 4.09. The van der Waals surface area contributed by atoms with Crippen molar-refractivity contribution in [1.29, 1.82) is 0 Å². The maximum Gasteiger partial charge on any atom is 0.159 e. The van der Waals surface area contributed by atoms with Crippen LogP contribution in [0.3, 0.4) is 0 Å². The fourth-order valence-corrected chi connectivity index (χ4v) is 2.77. The number of imidazole rings is 1. The first-order valence-corrected chi connectivity index (χ1v) is 6.81. The first kappa shape index (κ1) is 14.5. The van der Waals surface area contributed by atoms with Gasteiger partial charge in [0.15, 0.2) is 5.78 Å². The molecule has 2 rings (SSSR count). The van der Waals surface area contributed by atoms with Crippen molar-refractivity contribution in [3.8, 4) is 0 Å². The van der Waals surface area contributed by atoms with Crippen LogP contribution in [0.2, 0.25) is 0 Å². The van der Waals surface area contributed by atoms with Crippen LogP contribution in [0.5, 0.6) is 0 Å². The molecule has 2 aromatic rings. The molecule has 4 nitrogen and oxygen atoms in total. The number of aromatic nitrogens is 2. The van der Waals surface area contributed by atoms with E-state index in [1.165, 1.54) is 0 Å². The highest BCUT2D eigenvalue weighted by atomic mass is 16.1. The second kappa shape index (κ2) is 5.59. The second-order valence-corrected chi connectivity index (χ2v) is 5.18. The summed E-state index contributed by atoms with van der Waals surface area (Å²) in [5, 5.41) is 0. The third-order valence-corrected chi connectivity index (χ3v) is 3.93. The Morgan fingerprint density at radius 2 is 1.95 bits per heavy atom. The molecule has 20 heavy (non-hydrogen) atoms. The molecule has 0 aliphatic carbocycles. The van der Waals surface area contributed by atoms with Gasteiger partial charge in [0, 0.05) is 18.0 Å². The van der Waals surface area contributed by atoms with E-state index >= 15 is 0 Å². The zero-order valence-electron chi connectivity index (χ0n) is 12.5. The van der Waals surface area contributed by atoms with Crippen LogP contribution >= 0.6 is 0 Å². The second-order valence-electron chi connectivity index (χ2n) is 5.18. The summed E-state index contributed by atoms with van der Waals surface area (Å²) in [5.74, 6) is 1.00. The molecule has 0 bridgehead atoms. The van der Waals surface area contributed by atoms with Gasteiger partial charge in [-0.15, -0.1) is 0 Å². The van der Waals surface area contributed by atoms with Crippen LogP contribution < -0.4 is 0 Å². The predicted octanol–water partition coefficient (Wildman–Crippen LogP) is 2.83. The zero-order chi connectivity index (χ0) is 14.8. The van der Waals surface area contributed by atoms with E-state index in [0.29, 0.717) is 0 Å². The first-order chi connectivity index (χ1) is 9.52. The van der Waals surface area contributed by atoms with Gasteiger partial charge in [-0.2, -0.15) is 0 Å². The number of nitrogens with one attached hydrogen (secondary N) is 1. The molecule has 0 fully saturated rings. The highest BCUT2D eigenvalue weighted by Crippen LogP contribution is 2.35. The normalized spacial score (nSPS) is 14.2. The summed E-state index contributed by atoms with van der Waals surface area (Å²) in [5.41, 5.74) is 1.56. The summed E-state index contributed by atoms with van der Waals surface area (Å²) in [6.45, 7) is 3.72. The number of rotatable bonds is 5. The van der Waals surface area contributed by atoms with Gasteiger partial charge < -0.3 is 4.98 Å². The molecule has 0 aliphatic heterocycles. The van der Waals surface area contributed by atoms with Crippen molar-refractivity contribution in [3.63, 3.8) is 0 Å². The van der Waals surface area contributed by atoms with E-state index in [1.807, 2.05) is 44.6 Å². The number of ketones is 1. The number of aromatic amines is 1. The molecule has 106 valence electrons. The molecule has 0 radical (unpaired) electrons. The lowest BCUT2D eigenvalue weighted by molar-refractivity contribution is 0.101. The number of hydrogen-bond acceptors (Lipinski definition) is 3. The molecule has 1 aromatic carbocycles. The molecule has 1 N–H and O–H groups in total. The Labute approximate surface area is 119 Å². The standard InChI is InChI=1S/C16H21N3O/c1-5-16(19(3)4,15-17-10-11-18-15)14-8-6-13(7-9-14)12(2)20/h6-11H,5H2,1-4H3,(H,17,18). The number of carbonyl (C=O) groups excluding carboxylic acids is 1. The van der Waals surface area contributed by atoms with Crippen LogP contribution in [0.25, 0.3) is 0 Å². The van der Waals surface area contributed by atoms with Gasteiger partial charge in [0.25, 0.3) is 0 Å². The molecule has 0 aliphatic rings. The van der Waals surface area contributed by atoms with Gasteiger partial charge in [0.05, 0.1) is 0 Å². The molecule has 0 spiro atoms. The van der Waals surface area contributed by atoms with Gasteiger partial charge in [0.2, 0.25) is 0 Å². The number of nitrogens with zero attached hydrogens (tertiary/aromatic N) is 2. The fraction of sp³-hybridized carbons (Fsp3) is 0.375. The van der Waals surface area contributed by atoms with Crippen LogP contribution in [0, 0.1) is 0 Å². The largest absolute Gasteiger partial charge is 0.347 e. The number of Topliss-reactive ketones (excluding diaryl/α,β-unsaturated/α-hetero) is 1. The van der Waals surface area contributed by atoms with Crippen LogP contribution in [0.4, 0.5) is 0 Å². The topological polar surface area (TPSA) is 49.0 Å². The van der Waals surface area contributed by atoms with Crippen LogP contribution in [0.1, 0.15) is 42.0 Å². The van der Waals surface area contributed by atoms with Crippen molar-refractivity contribution in [2.24, 2.45) is 0 Å². The van der Waals surface area contributed by atoms with Gasteiger partial charge in [-0.3, -0.25) is 9.69 Å². The monoisotopic (exact) mass is 271 g/mol. The Morgan fingerprint density at radius 1 is 1.30 bits per heavy atom. The summed E-state index contributed by atoms with van der Waals surface area (Å²) in [6, 6.07) is 7.80. The molecule has 0 saturated heterocycles. The Kier molecular flexibility index (Phi) is 4.04. The number of carbonyl (C=O) groups is 1. The summed E-state index contributed by atoms with van der Waals surface area (Å²) < 4.78 is 0. The summed E-state index contributed by atoms with van der Waals surface area (Å²) in [4.78, 5) is 21.2. The molecule has 1 unspecified atom stereocenters. The van der Waals surface area contributed by atoms with E-state index in [0.717, 1.165) is 23.4 Å². The van der Waals surface area contributed by atoms with Crippen molar-refractivity contribution in [1.82, 2.24) is 14.9 Å². The van der Waals surface area contributed by atoms with Crippen molar-refractivity contribution in [2.45, 2.75) is 25.8 Å². The molecule has 4 heteroatoms. The van der Waals surface area contributed by atoms with E-state index in [4.69, 9.17) is 0 Å². The predicted molar refractivity (Wildman–Crippen MR) is 79.8 cm³/mol. The van der Waals surface area contributed by atoms with Crippen molar-refractivity contribution in [2.75, 3.05) is 14.1 Å². The van der Waals surface area contributed by atoms with E-state index in [1.54, 1.807) is 13.1 Å². The SMILES string of the molecule is CCC(c1ccc(C(C)=O)cc1)(c1ncc[nH]1)N(C)C. The smallest absolute Gasteiger partial charge is 0.159 e. The molecular formula is C16H21N3O. The maximum absolute atomic E-state index is 11.4. The molecule has 0 saturated carbocycles. The quantitative estimate of drug-likeness (QED) is 0.851. The number of benzene rings is 1. The molecule has 1 atom stereocenters. The first-order valence-electron chi connectivity index (χ1n) is 6.81.